The largest absolute Gasteiger partial charge is 0.342 e. The smallest absolute Gasteiger partial charge is 0.225 e. The van der Waals surface area contributed by atoms with Gasteiger partial charge in [0.15, 0.2) is 5.82 Å². The highest BCUT2D eigenvalue weighted by molar-refractivity contribution is 5.79. The molecule has 0 spiro atoms. The zero-order chi connectivity index (χ0) is 17.1. The Bertz CT molecular complexity index is 725. The molecule has 1 aliphatic heterocycles. The quantitative estimate of drug-likeness (QED) is 0.850. The molecule has 4 nitrogen and oxygen atoms in total. The second kappa shape index (κ2) is 7.34. The molecule has 0 unspecified atom stereocenters. The van der Waals surface area contributed by atoms with Crippen LogP contribution in [0.4, 0.5) is 0 Å². The third-order valence-corrected chi connectivity index (χ3v) is 5.56. The molecule has 2 fully saturated rings. The summed E-state index contributed by atoms with van der Waals surface area (Å²) in [6, 6.07) is 12.1. The number of hydrogen-bond acceptors (Lipinski definition) is 3. The highest BCUT2D eigenvalue weighted by Gasteiger charge is 2.31. The van der Waals surface area contributed by atoms with Crippen molar-refractivity contribution in [1.82, 2.24) is 14.9 Å². The van der Waals surface area contributed by atoms with Crippen molar-refractivity contribution in [3.63, 3.8) is 0 Å². The summed E-state index contributed by atoms with van der Waals surface area (Å²) in [6.45, 7) is 1.71. The predicted octanol–water partition coefficient (Wildman–Crippen LogP) is 4.04. The van der Waals surface area contributed by atoms with Crippen molar-refractivity contribution in [3.05, 3.63) is 48.3 Å². The number of hydrogen-bond donors (Lipinski definition) is 0. The van der Waals surface area contributed by atoms with Gasteiger partial charge in [0.05, 0.1) is 0 Å². The first-order valence-corrected chi connectivity index (χ1v) is 9.48. The van der Waals surface area contributed by atoms with E-state index in [1.165, 1.54) is 12.8 Å². The van der Waals surface area contributed by atoms with E-state index in [0.717, 1.165) is 55.9 Å². The lowest BCUT2D eigenvalue weighted by Gasteiger charge is -2.34. The molecule has 1 saturated heterocycles. The maximum atomic E-state index is 12.8. The zero-order valence-electron chi connectivity index (χ0n) is 14.6. The molecule has 1 aromatic heterocycles. The summed E-state index contributed by atoms with van der Waals surface area (Å²) in [5.41, 5.74) is 2.11. The van der Waals surface area contributed by atoms with Crippen molar-refractivity contribution in [2.75, 3.05) is 13.1 Å². The van der Waals surface area contributed by atoms with E-state index in [1.807, 2.05) is 42.6 Å². The van der Waals surface area contributed by atoms with Gasteiger partial charge in [0.1, 0.15) is 0 Å². The number of benzene rings is 1. The van der Waals surface area contributed by atoms with Crippen LogP contribution >= 0.6 is 0 Å². The predicted molar refractivity (Wildman–Crippen MR) is 98.0 cm³/mol. The Morgan fingerprint density at radius 2 is 1.80 bits per heavy atom. The Hall–Kier alpha value is -2.23. The van der Waals surface area contributed by atoms with Crippen LogP contribution in [-0.2, 0) is 4.79 Å². The van der Waals surface area contributed by atoms with Crippen molar-refractivity contribution >= 4 is 5.91 Å². The van der Waals surface area contributed by atoms with Crippen molar-refractivity contribution in [2.45, 2.75) is 44.4 Å². The lowest BCUT2D eigenvalue weighted by atomic mass is 9.93. The van der Waals surface area contributed by atoms with Crippen molar-refractivity contribution in [3.8, 4) is 11.4 Å². The van der Waals surface area contributed by atoms with Crippen molar-refractivity contribution in [2.24, 2.45) is 5.92 Å². The van der Waals surface area contributed by atoms with Gasteiger partial charge in [0.2, 0.25) is 5.91 Å². The van der Waals surface area contributed by atoms with Gasteiger partial charge in [-0.15, -0.1) is 0 Å². The summed E-state index contributed by atoms with van der Waals surface area (Å²) < 4.78 is 0. The number of nitrogens with zero attached hydrogens (tertiary/aromatic N) is 3. The van der Waals surface area contributed by atoms with E-state index in [-0.39, 0.29) is 5.92 Å². The minimum absolute atomic E-state index is 0.268. The normalized spacial score (nSPS) is 21.4. The van der Waals surface area contributed by atoms with Gasteiger partial charge in [-0.3, -0.25) is 4.79 Å². The molecule has 4 heteroatoms. The first kappa shape index (κ1) is 16.2. The Kier molecular flexibility index (Phi) is 4.77. The molecule has 4 rings (SSSR count). The zero-order valence-corrected chi connectivity index (χ0v) is 14.6. The minimum Gasteiger partial charge on any atom is -0.342 e. The summed E-state index contributed by atoms with van der Waals surface area (Å²) in [6.07, 6.45) is 8.58. The van der Waals surface area contributed by atoms with Crippen LogP contribution in [0.5, 0.6) is 0 Å². The van der Waals surface area contributed by atoms with Crippen molar-refractivity contribution in [1.29, 1.82) is 0 Å². The molecule has 1 saturated carbocycles. The topological polar surface area (TPSA) is 46.1 Å². The first-order valence-electron chi connectivity index (χ1n) is 9.48. The molecular weight excluding hydrogens is 310 g/mol. The number of carbonyl (C=O) groups excluding carboxylic acids is 1. The van der Waals surface area contributed by atoms with E-state index in [1.54, 1.807) is 0 Å². The fraction of sp³-hybridized carbons (Fsp3) is 0.476. The van der Waals surface area contributed by atoms with Crippen LogP contribution in [0.2, 0.25) is 0 Å². The average molecular weight is 335 g/mol. The summed E-state index contributed by atoms with van der Waals surface area (Å²) in [7, 11) is 0. The number of piperidine rings is 1. The molecule has 1 atom stereocenters. The van der Waals surface area contributed by atoms with Crippen LogP contribution in [0.1, 0.15) is 50.1 Å². The van der Waals surface area contributed by atoms with Gasteiger partial charge in [-0.25, -0.2) is 9.97 Å². The van der Waals surface area contributed by atoms with Gasteiger partial charge in [0, 0.05) is 42.4 Å². The average Bonchev–Trinajstić information content (AvgIpc) is 3.23. The third-order valence-electron chi connectivity index (χ3n) is 5.56. The Morgan fingerprint density at radius 1 is 1.00 bits per heavy atom. The molecule has 1 amide bonds. The lowest BCUT2D eigenvalue weighted by molar-refractivity contribution is -0.136. The molecule has 2 aliphatic rings. The second-order valence-electron chi connectivity index (χ2n) is 7.28. The fourth-order valence-electron chi connectivity index (χ4n) is 4.18. The van der Waals surface area contributed by atoms with Crippen LogP contribution in [0.3, 0.4) is 0 Å². The standard InChI is InChI=1S/C21H25N3O/c25-21(17-9-4-5-10-17)24-14-6-11-18(15-24)19-12-13-22-20(23-19)16-7-2-1-3-8-16/h1-3,7-8,12-13,17-18H,4-6,9-11,14-15H2/t18-/m0/s1. The van der Waals surface area contributed by atoms with E-state index in [0.29, 0.717) is 11.8 Å². The van der Waals surface area contributed by atoms with E-state index < -0.39 is 0 Å². The highest BCUT2D eigenvalue weighted by atomic mass is 16.2. The molecule has 2 aromatic rings. The van der Waals surface area contributed by atoms with E-state index in [4.69, 9.17) is 4.98 Å². The fourth-order valence-corrected chi connectivity index (χ4v) is 4.18. The van der Waals surface area contributed by atoms with E-state index >= 15 is 0 Å². The second-order valence-corrected chi connectivity index (χ2v) is 7.28. The molecule has 0 bridgehead atoms. The highest BCUT2D eigenvalue weighted by Crippen LogP contribution is 2.31. The maximum absolute atomic E-state index is 12.8. The van der Waals surface area contributed by atoms with Gasteiger partial charge in [-0.05, 0) is 31.7 Å². The number of carbonyl (C=O) groups is 1. The van der Waals surface area contributed by atoms with Crippen LogP contribution in [0.25, 0.3) is 11.4 Å². The van der Waals surface area contributed by atoms with Gasteiger partial charge in [-0.2, -0.15) is 0 Å². The molecule has 1 aliphatic carbocycles. The lowest BCUT2D eigenvalue weighted by Crippen LogP contribution is -2.42. The van der Waals surface area contributed by atoms with E-state index in [9.17, 15) is 4.79 Å². The van der Waals surface area contributed by atoms with Crippen LogP contribution in [0, 0.1) is 5.92 Å². The Balaban J connectivity index is 1.50. The molecule has 1 aromatic carbocycles. The Morgan fingerprint density at radius 3 is 2.60 bits per heavy atom. The Labute approximate surface area is 149 Å². The van der Waals surface area contributed by atoms with E-state index in [2.05, 4.69) is 9.88 Å². The summed E-state index contributed by atoms with van der Waals surface area (Å²) in [5, 5.41) is 0. The van der Waals surface area contributed by atoms with Crippen LogP contribution in [0.15, 0.2) is 42.6 Å². The summed E-state index contributed by atoms with van der Waals surface area (Å²) in [5.74, 6) is 1.74. The number of likely N-dealkylation sites (tertiary alicyclic amines) is 1. The number of rotatable bonds is 3. The summed E-state index contributed by atoms with van der Waals surface area (Å²) >= 11 is 0. The van der Waals surface area contributed by atoms with Gasteiger partial charge in [0.25, 0.3) is 0 Å². The molecule has 25 heavy (non-hydrogen) atoms. The molecule has 2 heterocycles. The van der Waals surface area contributed by atoms with Gasteiger partial charge in [-0.1, -0.05) is 43.2 Å². The molecular formula is C21H25N3O. The molecule has 0 N–H and O–H groups in total. The van der Waals surface area contributed by atoms with Crippen LogP contribution < -0.4 is 0 Å². The molecule has 130 valence electrons. The third kappa shape index (κ3) is 3.58. The molecule has 0 radical (unpaired) electrons. The minimum atomic E-state index is 0.268. The number of amides is 1. The van der Waals surface area contributed by atoms with Crippen LogP contribution in [-0.4, -0.2) is 33.9 Å². The van der Waals surface area contributed by atoms with Gasteiger partial charge >= 0.3 is 0 Å². The summed E-state index contributed by atoms with van der Waals surface area (Å²) in [4.78, 5) is 24.1. The maximum Gasteiger partial charge on any atom is 0.225 e. The van der Waals surface area contributed by atoms with Gasteiger partial charge < -0.3 is 4.90 Å². The monoisotopic (exact) mass is 335 g/mol. The SMILES string of the molecule is O=C(C1CCCC1)N1CCC[C@H](c2ccnc(-c3ccccc3)n2)C1. The first-order chi connectivity index (χ1) is 12.3. The van der Waals surface area contributed by atoms with Crippen molar-refractivity contribution < 1.29 is 4.79 Å². The number of aromatic nitrogens is 2.